The number of carbonyl (C=O) groups excluding carboxylic acids is 1. The SMILES string of the molecule is COc1ccc(NC(=O)N(C)c2cc3oc(=O)c(C(=O)O)cc3s2)cc1OC. The fraction of sp³-hybridized carbons (Fsp3) is 0.167. The van der Waals surface area contributed by atoms with Gasteiger partial charge < -0.3 is 24.3 Å². The van der Waals surface area contributed by atoms with Crippen LogP contribution in [-0.2, 0) is 0 Å². The van der Waals surface area contributed by atoms with Crippen molar-refractivity contribution in [2.45, 2.75) is 0 Å². The highest BCUT2D eigenvalue weighted by molar-refractivity contribution is 7.22. The quantitative estimate of drug-likeness (QED) is 0.670. The normalized spacial score (nSPS) is 10.5. The first-order valence-corrected chi connectivity index (χ1v) is 8.73. The molecule has 2 aromatic heterocycles. The number of amides is 2. The first kappa shape index (κ1) is 19.2. The number of rotatable bonds is 5. The molecule has 9 nitrogen and oxygen atoms in total. The smallest absolute Gasteiger partial charge is 0.351 e. The Morgan fingerprint density at radius 1 is 1.14 bits per heavy atom. The number of ether oxygens (including phenoxy) is 2. The number of carbonyl (C=O) groups is 2. The van der Waals surface area contributed by atoms with Crippen molar-refractivity contribution in [2.75, 3.05) is 31.5 Å². The van der Waals surface area contributed by atoms with Crippen LogP contribution in [0.1, 0.15) is 10.4 Å². The number of anilines is 2. The van der Waals surface area contributed by atoms with E-state index in [9.17, 15) is 14.4 Å². The van der Waals surface area contributed by atoms with Crippen molar-refractivity contribution in [3.05, 3.63) is 46.3 Å². The van der Waals surface area contributed by atoms with E-state index in [1.165, 1.54) is 38.3 Å². The van der Waals surface area contributed by atoms with E-state index < -0.39 is 23.2 Å². The van der Waals surface area contributed by atoms with Crippen molar-refractivity contribution in [1.82, 2.24) is 0 Å². The lowest BCUT2D eigenvalue weighted by Gasteiger charge is -2.16. The molecule has 0 fully saturated rings. The molecule has 0 bridgehead atoms. The van der Waals surface area contributed by atoms with Gasteiger partial charge in [0, 0.05) is 24.9 Å². The molecule has 0 saturated heterocycles. The van der Waals surface area contributed by atoms with Gasteiger partial charge in [-0.1, -0.05) is 0 Å². The zero-order chi connectivity index (χ0) is 20.4. The van der Waals surface area contributed by atoms with E-state index in [1.807, 2.05) is 0 Å². The summed E-state index contributed by atoms with van der Waals surface area (Å²) in [5, 5.41) is 12.2. The van der Waals surface area contributed by atoms with Gasteiger partial charge in [0.05, 0.1) is 18.9 Å². The topological polar surface area (TPSA) is 118 Å². The van der Waals surface area contributed by atoms with Crippen LogP contribution in [0, 0.1) is 0 Å². The Labute approximate surface area is 162 Å². The first-order chi connectivity index (χ1) is 13.3. The molecule has 2 heterocycles. The van der Waals surface area contributed by atoms with Gasteiger partial charge in [-0.3, -0.25) is 4.90 Å². The Bertz CT molecular complexity index is 1120. The summed E-state index contributed by atoms with van der Waals surface area (Å²) < 4.78 is 15.8. The minimum atomic E-state index is -1.37. The standard InChI is InChI=1S/C18H16N2O7S/c1-20(18(24)19-9-4-5-11(25-2)12(6-9)26-3)15-8-13-14(28-15)7-10(16(21)22)17(23)27-13/h4-8H,1-3H3,(H,19,24)(H,21,22). The van der Waals surface area contributed by atoms with E-state index in [-0.39, 0.29) is 5.58 Å². The molecule has 0 atom stereocenters. The summed E-state index contributed by atoms with van der Waals surface area (Å²) in [6.45, 7) is 0. The number of urea groups is 1. The van der Waals surface area contributed by atoms with Crippen LogP contribution in [0.4, 0.5) is 15.5 Å². The fourth-order valence-corrected chi connectivity index (χ4v) is 3.43. The third-order valence-corrected chi connectivity index (χ3v) is 5.05. The number of nitrogens with zero attached hydrogens (tertiary/aromatic N) is 1. The molecule has 2 N–H and O–H groups in total. The van der Waals surface area contributed by atoms with E-state index in [1.54, 1.807) is 18.2 Å². The number of benzene rings is 1. The summed E-state index contributed by atoms with van der Waals surface area (Å²) in [5.74, 6) is -0.374. The Morgan fingerprint density at radius 2 is 1.86 bits per heavy atom. The average molecular weight is 404 g/mol. The summed E-state index contributed by atoms with van der Waals surface area (Å²) in [7, 11) is 4.54. The molecule has 3 rings (SSSR count). The maximum atomic E-state index is 12.5. The third kappa shape index (κ3) is 3.62. The monoisotopic (exact) mass is 404 g/mol. The van der Waals surface area contributed by atoms with Crippen molar-refractivity contribution in [3.63, 3.8) is 0 Å². The Kier molecular flexibility index (Phi) is 5.23. The first-order valence-electron chi connectivity index (χ1n) is 7.91. The minimum Gasteiger partial charge on any atom is -0.493 e. The van der Waals surface area contributed by atoms with Gasteiger partial charge in [0.1, 0.15) is 10.6 Å². The molecule has 1 aromatic carbocycles. The number of methoxy groups -OCH3 is 2. The van der Waals surface area contributed by atoms with Gasteiger partial charge in [-0.25, -0.2) is 14.4 Å². The molecule has 2 amide bonds. The number of carboxylic acids is 1. The number of fused-ring (bicyclic) bond motifs is 1. The molecule has 0 aliphatic rings. The maximum Gasteiger partial charge on any atom is 0.351 e. The zero-order valence-corrected chi connectivity index (χ0v) is 16.0. The Balaban J connectivity index is 1.85. The molecular weight excluding hydrogens is 388 g/mol. The number of carboxylic acid groups (broad SMARTS) is 1. The van der Waals surface area contributed by atoms with Crippen LogP contribution < -0.4 is 25.3 Å². The summed E-state index contributed by atoms with van der Waals surface area (Å²) in [6.07, 6.45) is 0. The van der Waals surface area contributed by atoms with Crippen molar-refractivity contribution in [3.8, 4) is 11.5 Å². The second-order valence-corrected chi connectivity index (χ2v) is 6.69. The third-order valence-electron chi connectivity index (χ3n) is 3.91. The van der Waals surface area contributed by atoms with Crippen LogP contribution in [0.2, 0.25) is 0 Å². The molecule has 146 valence electrons. The summed E-state index contributed by atoms with van der Waals surface area (Å²) in [4.78, 5) is 36.6. The highest BCUT2D eigenvalue weighted by Crippen LogP contribution is 2.33. The highest BCUT2D eigenvalue weighted by atomic mass is 32.1. The van der Waals surface area contributed by atoms with Crippen molar-refractivity contribution < 1.29 is 28.6 Å². The Morgan fingerprint density at radius 3 is 2.50 bits per heavy atom. The number of aromatic carboxylic acids is 1. The lowest BCUT2D eigenvalue weighted by molar-refractivity contribution is 0.0692. The predicted octanol–water partition coefficient (Wildman–Crippen LogP) is 3.24. The van der Waals surface area contributed by atoms with Crippen molar-refractivity contribution >= 4 is 44.3 Å². The molecule has 0 unspecified atom stereocenters. The van der Waals surface area contributed by atoms with Crippen molar-refractivity contribution in [2.24, 2.45) is 0 Å². The fourth-order valence-electron chi connectivity index (χ4n) is 2.44. The number of nitrogens with one attached hydrogen (secondary N) is 1. The Hall–Kier alpha value is -3.53. The molecule has 0 aliphatic heterocycles. The predicted molar refractivity (Wildman–Crippen MR) is 104 cm³/mol. The van der Waals surface area contributed by atoms with Gasteiger partial charge in [0.15, 0.2) is 17.1 Å². The summed E-state index contributed by atoms with van der Waals surface area (Å²) in [5.41, 5.74) is -0.698. The van der Waals surface area contributed by atoms with Gasteiger partial charge in [-0.15, -0.1) is 11.3 Å². The second-order valence-electron chi connectivity index (χ2n) is 5.62. The molecular formula is C18H16N2O7S. The van der Waals surface area contributed by atoms with Gasteiger partial charge in [0.25, 0.3) is 0 Å². The average Bonchev–Trinajstić information content (AvgIpc) is 3.08. The van der Waals surface area contributed by atoms with Gasteiger partial charge in [-0.05, 0) is 18.2 Å². The van der Waals surface area contributed by atoms with Gasteiger partial charge >= 0.3 is 17.6 Å². The van der Waals surface area contributed by atoms with Crippen LogP contribution in [0.15, 0.2) is 39.5 Å². The van der Waals surface area contributed by atoms with Crippen LogP contribution in [0.25, 0.3) is 10.3 Å². The van der Waals surface area contributed by atoms with Crippen molar-refractivity contribution in [1.29, 1.82) is 0 Å². The van der Waals surface area contributed by atoms with Crippen LogP contribution >= 0.6 is 11.3 Å². The molecule has 28 heavy (non-hydrogen) atoms. The van der Waals surface area contributed by atoms with Crippen LogP contribution in [0.3, 0.4) is 0 Å². The minimum absolute atomic E-state index is 0.209. The van der Waals surface area contributed by atoms with Gasteiger partial charge in [-0.2, -0.15) is 0 Å². The summed E-state index contributed by atoms with van der Waals surface area (Å²) >= 11 is 1.12. The zero-order valence-electron chi connectivity index (χ0n) is 15.1. The van der Waals surface area contributed by atoms with E-state index in [4.69, 9.17) is 19.0 Å². The van der Waals surface area contributed by atoms with E-state index in [0.29, 0.717) is 26.9 Å². The lowest BCUT2D eigenvalue weighted by Crippen LogP contribution is -2.30. The molecule has 0 spiro atoms. The summed E-state index contributed by atoms with van der Waals surface area (Å²) in [6, 6.07) is 7.23. The van der Waals surface area contributed by atoms with Crippen LogP contribution in [-0.4, -0.2) is 38.4 Å². The number of hydrogen-bond donors (Lipinski definition) is 2. The van der Waals surface area contributed by atoms with Gasteiger partial charge in [0.2, 0.25) is 0 Å². The van der Waals surface area contributed by atoms with E-state index in [0.717, 1.165) is 11.3 Å². The largest absolute Gasteiger partial charge is 0.493 e. The maximum absolute atomic E-state index is 12.5. The molecule has 3 aromatic rings. The number of thiophene rings is 1. The van der Waals surface area contributed by atoms with E-state index >= 15 is 0 Å². The molecule has 10 heteroatoms. The lowest BCUT2D eigenvalue weighted by atomic mass is 10.2. The van der Waals surface area contributed by atoms with E-state index in [2.05, 4.69) is 5.32 Å². The van der Waals surface area contributed by atoms with Crippen LogP contribution in [0.5, 0.6) is 11.5 Å². The highest BCUT2D eigenvalue weighted by Gasteiger charge is 2.18. The second kappa shape index (κ2) is 7.61. The number of hydrogen-bond acceptors (Lipinski definition) is 7. The molecule has 0 radical (unpaired) electrons. The molecule has 0 aliphatic carbocycles. The molecule has 0 saturated carbocycles.